The number of hydrogen-bond acceptors (Lipinski definition) is 4. The lowest BCUT2D eigenvalue weighted by Gasteiger charge is -2.37. The van der Waals surface area contributed by atoms with Crippen LogP contribution in [0, 0.1) is 19.8 Å². The van der Waals surface area contributed by atoms with Crippen LogP contribution in [-0.4, -0.2) is 43.5 Å². The minimum absolute atomic E-state index is 0.0355. The van der Waals surface area contributed by atoms with E-state index in [4.69, 9.17) is 0 Å². The zero-order valence-electron chi connectivity index (χ0n) is 16.6. The number of nitrogens with zero attached hydrogens (tertiary/aromatic N) is 5. The number of carbonyl (C=O) groups excluding carboxylic acids is 1. The van der Waals surface area contributed by atoms with E-state index in [0.717, 1.165) is 17.5 Å². The highest BCUT2D eigenvalue weighted by atomic mass is 19.3. The SMILES string of the molecule is Cc1cc(C)cc(C(=O)N2CC[C@H](C)[C@@H](c3cc(C(F)F)nc4ncnn34)C2)c1. The second kappa shape index (κ2) is 7.50. The molecule has 6 nitrogen and oxygen atoms in total. The summed E-state index contributed by atoms with van der Waals surface area (Å²) in [6.45, 7) is 7.09. The molecule has 1 aliphatic heterocycles. The molecule has 2 aromatic heterocycles. The summed E-state index contributed by atoms with van der Waals surface area (Å²) in [7, 11) is 0. The van der Waals surface area contributed by atoms with Crippen molar-refractivity contribution in [3.63, 3.8) is 0 Å². The van der Waals surface area contributed by atoms with Crippen LogP contribution in [0.4, 0.5) is 8.78 Å². The molecule has 3 heterocycles. The number of aryl methyl sites for hydroxylation is 2. The Kier molecular flexibility index (Phi) is 5.02. The van der Waals surface area contributed by atoms with Crippen molar-refractivity contribution in [3.05, 3.63) is 58.7 Å². The van der Waals surface area contributed by atoms with Gasteiger partial charge in [-0.1, -0.05) is 24.1 Å². The largest absolute Gasteiger partial charge is 0.338 e. The van der Waals surface area contributed by atoms with Gasteiger partial charge >= 0.3 is 0 Å². The Hall–Kier alpha value is -2.90. The second-order valence-corrected chi connectivity index (χ2v) is 7.88. The van der Waals surface area contributed by atoms with Gasteiger partial charge in [-0.05, 0) is 44.4 Å². The molecule has 8 heteroatoms. The van der Waals surface area contributed by atoms with E-state index < -0.39 is 6.43 Å². The molecule has 0 unspecified atom stereocenters. The summed E-state index contributed by atoms with van der Waals surface area (Å²) < 4.78 is 28.2. The standard InChI is InChI=1S/C21H23F2N5O/c1-12-6-13(2)8-15(7-12)20(29)27-5-4-14(3)16(10-27)18-9-17(19(22)23)26-21-24-11-25-28(18)21/h6-9,11,14,16,19H,4-5,10H2,1-3H3/t14-,16-/m0/s1. The number of likely N-dealkylation sites (tertiary alicyclic amines) is 1. The normalized spacial score (nSPS) is 19.9. The maximum Gasteiger partial charge on any atom is 0.280 e. The third-order valence-corrected chi connectivity index (χ3v) is 5.62. The highest BCUT2D eigenvalue weighted by molar-refractivity contribution is 5.94. The number of aromatic nitrogens is 4. The first kappa shape index (κ1) is 19.4. The molecule has 0 bridgehead atoms. The first-order valence-electron chi connectivity index (χ1n) is 9.69. The van der Waals surface area contributed by atoms with Crippen molar-refractivity contribution < 1.29 is 13.6 Å². The Morgan fingerprint density at radius 1 is 1.17 bits per heavy atom. The molecule has 4 rings (SSSR count). The zero-order chi connectivity index (χ0) is 20.7. The average molecular weight is 399 g/mol. The van der Waals surface area contributed by atoms with Gasteiger partial charge in [0, 0.05) is 24.6 Å². The summed E-state index contributed by atoms with van der Waals surface area (Å²) in [5.41, 5.74) is 3.04. The van der Waals surface area contributed by atoms with Gasteiger partial charge in [0.2, 0.25) is 0 Å². The van der Waals surface area contributed by atoms with E-state index in [0.29, 0.717) is 24.3 Å². The number of hydrogen-bond donors (Lipinski definition) is 0. The number of rotatable bonds is 3. The smallest absolute Gasteiger partial charge is 0.280 e. The van der Waals surface area contributed by atoms with Crippen LogP contribution in [0.1, 0.15) is 58.6 Å². The van der Waals surface area contributed by atoms with Crippen molar-refractivity contribution in [1.29, 1.82) is 0 Å². The molecule has 1 saturated heterocycles. The first-order valence-corrected chi connectivity index (χ1v) is 9.69. The highest BCUT2D eigenvalue weighted by Crippen LogP contribution is 2.34. The monoisotopic (exact) mass is 399 g/mol. The van der Waals surface area contributed by atoms with Crippen LogP contribution in [0.25, 0.3) is 5.78 Å². The number of amides is 1. The molecule has 0 saturated carbocycles. The van der Waals surface area contributed by atoms with Gasteiger partial charge in [-0.25, -0.2) is 18.3 Å². The van der Waals surface area contributed by atoms with Gasteiger partial charge in [-0.2, -0.15) is 10.1 Å². The number of alkyl halides is 2. The summed E-state index contributed by atoms with van der Waals surface area (Å²) >= 11 is 0. The van der Waals surface area contributed by atoms with Crippen molar-refractivity contribution in [1.82, 2.24) is 24.5 Å². The van der Waals surface area contributed by atoms with Crippen LogP contribution in [0.3, 0.4) is 0 Å². The Labute approximate surface area is 167 Å². The quantitative estimate of drug-likeness (QED) is 0.669. The Bertz CT molecular complexity index is 1040. The van der Waals surface area contributed by atoms with Crippen LogP contribution in [0.2, 0.25) is 0 Å². The van der Waals surface area contributed by atoms with Crippen LogP contribution in [0.15, 0.2) is 30.6 Å². The van der Waals surface area contributed by atoms with Gasteiger partial charge in [-0.3, -0.25) is 4.79 Å². The van der Waals surface area contributed by atoms with Gasteiger partial charge in [0.15, 0.2) is 0 Å². The summed E-state index contributed by atoms with van der Waals surface area (Å²) in [6, 6.07) is 7.21. The molecule has 0 N–H and O–H groups in total. The molecule has 152 valence electrons. The van der Waals surface area contributed by atoms with Gasteiger partial charge in [0.25, 0.3) is 18.1 Å². The summed E-state index contributed by atoms with van der Waals surface area (Å²) in [4.78, 5) is 22.8. The fourth-order valence-corrected chi connectivity index (χ4v) is 4.15. The lowest BCUT2D eigenvalue weighted by Crippen LogP contribution is -2.42. The molecule has 1 fully saturated rings. The molecule has 1 aromatic carbocycles. The lowest BCUT2D eigenvalue weighted by molar-refractivity contribution is 0.0665. The van der Waals surface area contributed by atoms with Gasteiger partial charge in [-0.15, -0.1) is 0 Å². The van der Waals surface area contributed by atoms with Crippen LogP contribution in [-0.2, 0) is 0 Å². The predicted octanol–water partition coefficient (Wildman–Crippen LogP) is 3.94. The van der Waals surface area contributed by atoms with E-state index in [2.05, 4.69) is 22.0 Å². The van der Waals surface area contributed by atoms with Crippen molar-refractivity contribution in [2.45, 2.75) is 39.5 Å². The number of fused-ring (bicyclic) bond motifs is 1. The van der Waals surface area contributed by atoms with Gasteiger partial charge in [0.1, 0.15) is 12.0 Å². The van der Waals surface area contributed by atoms with Crippen molar-refractivity contribution in [2.24, 2.45) is 5.92 Å². The Balaban J connectivity index is 1.69. The number of benzene rings is 1. The Morgan fingerprint density at radius 3 is 2.59 bits per heavy atom. The molecular weight excluding hydrogens is 376 g/mol. The number of halogens is 2. The topological polar surface area (TPSA) is 63.4 Å². The third kappa shape index (κ3) is 3.71. The molecular formula is C21H23F2N5O. The van der Waals surface area contributed by atoms with E-state index in [1.807, 2.05) is 36.9 Å². The van der Waals surface area contributed by atoms with Crippen LogP contribution in [0.5, 0.6) is 0 Å². The average Bonchev–Trinajstić information content (AvgIpc) is 3.15. The van der Waals surface area contributed by atoms with Crippen LogP contribution < -0.4 is 0 Å². The van der Waals surface area contributed by atoms with Crippen LogP contribution >= 0.6 is 0 Å². The fraction of sp³-hybridized carbons (Fsp3) is 0.429. The predicted molar refractivity (Wildman–Crippen MR) is 104 cm³/mol. The number of piperidine rings is 1. The van der Waals surface area contributed by atoms with E-state index in [-0.39, 0.29) is 29.2 Å². The molecule has 2 atom stereocenters. The maximum absolute atomic E-state index is 13.4. The van der Waals surface area contributed by atoms with Crippen molar-refractivity contribution in [3.8, 4) is 0 Å². The molecule has 1 aliphatic rings. The molecule has 0 spiro atoms. The fourth-order valence-electron chi connectivity index (χ4n) is 4.15. The van der Waals surface area contributed by atoms with E-state index >= 15 is 0 Å². The molecule has 0 aliphatic carbocycles. The van der Waals surface area contributed by atoms with Gasteiger partial charge in [0.05, 0.1) is 5.69 Å². The van der Waals surface area contributed by atoms with Crippen molar-refractivity contribution in [2.75, 3.05) is 13.1 Å². The third-order valence-electron chi connectivity index (χ3n) is 5.62. The minimum Gasteiger partial charge on any atom is -0.338 e. The Morgan fingerprint density at radius 2 is 1.90 bits per heavy atom. The molecule has 29 heavy (non-hydrogen) atoms. The van der Waals surface area contributed by atoms with Crippen molar-refractivity contribution >= 4 is 11.7 Å². The lowest BCUT2D eigenvalue weighted by atomic mass is 9.84. The molecule has 1 amide bonds. The molecule has 0 radical (unpaired) electrons. The highest BCUT2D eigenvalue weighted by Gasteiger charge is 2.33. The maximum atomic E-state index is 13.4. The van der Waals surface area contributed by atoms with E-state index in [1.54, 1.807) is 0 Å². The summed E-state index contributed by atoms with van der Waals surface area (Å²) in [5.74, 6) is 0.191. The summed E-state index contributed by atoms with van der Waals surface area (Å²) in [6.07, 6.45) is -0.598. The first-order chi connectivity index (χ1) is 13.8. The van der Waals surface area contributed by atoms with E-state index in [1.165, 1.54) is 16.9 Å². The van der Waals surface area contributed by atoms with Gasteiger partial charge < -0.3 is 4.90 Å². The number of carbonyl (C=O) groups is 1. The second-order valence-electron chi connectivity index (χ2n) is 7.88. The zero-order valence-corrected chi connectivity index (χ0v) is 16.6. The summed E-state index contributed by atoms with van der Waals surface area (Å²) in [5, 5.41) is 4.17. The minimum atomic E-state index is -2.69. The molecule has 3 aromatic rings. The van der Waals surface area contributed by atoms with E-state index in [9.17, 15) is 13.6 Å².